The Morgan fingerprint density at radius 1 is 1.20 bits per heavy atom. The third kappa shape index (κ3) is 3.57. The van der Waals surface area contributed by atoms with Gasteiger partial charge in [0.2, 0.25) is 0 Å². The molecule has 0 radical (unpaired) electrons. The van der Waals surface area contributed by atoms with Gasteiger partial charge in [0, 0.05) is 19.2 Å². The van der Waals surface area contributed by atoms with Gasteiger partial charge in [0.15, 0.2) is 0 Å². The number of carbonyl (C=O) groups is 1. The largest absolute Gasteiger partial charge is 0.380 e. The quantitative estimate of drug-likeness (QED) is 0.845. The molecule has 1 amide bonds. The molecule has 1 aromatic heterocycles. The summed E-state index contributed by atoms with van der Waals surface area (Å²) >= 11 is 3.34. The van der Waals surface area contributed by atoms with Crippen LogP contribution >= 0.6 is 15.9 Å². The number of nitrogens with zero attached hydrogens (tertiary/aromatic N) is 1. The fourth-order valence-corrected chi connectivity index (χ4v) is 2.23. The molecule has 0 unspecified atom stereocenters. The van der Waals surface area contributed by atoms with Gasteiger partial charge in [-0.3, -0.25) is 4.79 Å². The van der Waals surface area contributed by atoms with Gasteiger partial charge < -0.3 is 10.6 Å². The van der Waals surface area contributed by atoms with E-state index in [1.165, 1.54) is 0 Å². The molecule has 4 nitrogen and oxygen atoms in total. The van der Waals surface area contributed by atoms with Crippen molar-refractivity contribution < 1.29 is 4.79 Å². The van der Waals surface area contributed by atoms with Crippen LogP contribution in [-0.2, 0) is 6.54 Å². The van der Waals surface area contributed by atoms with Crippen molar-refractivity contribution in [2.45, 2.75) is 13.5 Å². The van der Waals surface area contributed by atoms with Crippen LogP contribution in [0, 0.1) is 6.92 Å². The Hall–Kier alpha value is -1.88. The maximum Gasteiger partial charge on any atom is 0.251 e. The van der Waals surface area contributed by atoms with Crippen LogP contribution < -0.4 is 10.6 Å². The molecule has 1 aromatic carbocycles. The van der Waals surface area contributed by atoms with Crippen molar-refractivity contribution in [3.63, 3.8) is 0 Å². The maximum atomic E-state index is 11.4. The second-order valence-electron chi connectivity index (χ2n) is 4.40. The number of aromatic nitrogens is 1. The van der Waals surface area contributed by atoms with Crippen molar-refractivity contribution >= 4 is 27.5 Å². The van der Waals surface area contributed by atoms with Crippen LogP contribution in [0.1, 0.15) is 21.6 Å². The van der Waals surface area contributed by atoms with Crippen LogP contribution in [0.25, 0.3) is 0 Å². The van der Waals surface area contributed by atoms with E-state index in [9.17, 15) is 4.79 Å². The number of hydrogen-bond acceptors (Lipinski definition) is 3. The molecule has 0 aliphatic heterocycles. The molecule has 5 heteroatoms. The lowest BCUT2D eigenvalue weighted by atomic mass is 10.1. The Kier molecular flexibility index (Phi) is 4.74. The number of anilines is 1. The second kappa shape index (κ2) is 6.52. The summed E-state index contributed by atoms with van der Waals surface area (Å²) in [6.45, 7) is 2.65. The van der Waals surface area contributed by atoms with Gasteiger partial charge in [-0.2, -0.15) is 0 Å². The number of aryl methyl sites for hydroxylation is 1. The maximum absolute atomic E-state index is 11.4. The van der Waals surface area contributed by atoms with E-state index in [2.05, 4.69) is 31.5 Å². The van der Waals surface area contributed by atoms with Crippen molar-refractivity contribution in [2.75, 3.05) is 12.4 Å². The molecule has 0 saturated heterocycles. The lowest BCUT2D eigenvalue weighted by Crippen LogP contribution is -2.17. The molecule has 0 spiro atoms. The highest BCUT2D eigenvalue weighted by Crippen LogP contribution is 2.17. The normalized spacial score (nSPS) is 10.2. The standard InChI is InChI=1S/C15H16BrN3O/c1-10-13(7-8-14(16)19-10)18-9-11-3-5-12(6-4-11)15(20)17-2/h3-8,18H,9H2,1-2H3,(H,17,20). The zero-order valence-electron chi connectivity index (χ0n) is 11.4. The summed E-state index contributed by atoms with van der Waals surface area (Å²) in [7, 11) is 1.63. The van der Waals surface area contributed by atoms with Gasteiger partial charge in [-0.05, 0) is 52.7 Å². The van der Waals surface area contributed by atoms with Gasteiger partial charge >= 0.3 is 0 Å². The lowest BCUT2D eigenvalue weighted by Gasteiger charge is -2.09. The minimum atomic E-state index is -0.0718. The van der Waals surface area contributed by atoms with E-state index < -0.39 is 0 Å². The van der Waals surface area contributed by atoms with Gasteiger partial charge in [-0.1, -0.05) is 12.1 Å². The molecular formula is C15H16BrN3O. The highest BCUT2D eigenvalue weighted by molar-refractivity contribution is 9.10. The molecule has 2 N–H and O–H groups in total. The van der Waals surface area contributed by atoms with Crippen LogP contribution in [-0.4, -0.2) is 17.9 Å². The zero-order chi connectivity index (χ0) is 14.5. The predicted molar refractivity (Wildman–Crippen MR) is 83.8 cm³/mol. The lowest BCUT2D eigenvalue weighted by molar-refractivity contribution is 0.0963. The molecule has 0 aliphatic carbocycles. The number of halogens is 1. The second-order valence-corrected chi connectivity index (χ2v) is 5.21. The third-order valence-corrected chi connectivity index (χ3v) is 3.42. The van der Waals surface area contributed by atoms with Crippen LogP contribution in [0.2, 0.25) is 0 Å². The Morgan fingerprint density at radius 2 is 1.90 bits per heavy atom. The fourth-order valence-electron chi connectivity index (χ4n) is 1.83. The first-order valence-corrected chi connectivity index (χ1v) is 7.07. The molecule has 20 heavy (non-hydrogen) atoms. The SMILES string of the molecule is CNC(=O)c1ccc(CNc2ccc(Br)nc2C)cc1. The minimum absolute atomic E-state index is 0.0718. The zero-order valence-corrected chi connectivity index (χ0v) is 13.0. The number of carbonyl (C=O) groups excluding carboxylic acids is 1. The van der Waals surface area contributed by atoms with Crippen molar-refractivity contribution in [3.8, 4) is 0 Å². The highest BCUT2D eigenvalue weighted by atomic mass is 79.9. The van der Waals surface area contributed by atoms with Crippen LogP contribution in [0.15, 0.2) is 41.0 Å². The van der Waals surface area contributed by atoms with E-state index in [0.717, 1.165) is 21.5 Å². The van der Waals surface area contributed by atoms with Gasteiger partial charge in [0.05, 0.1) is 11.4 Å². The fraction of sp³-hybridized carbons (Fsp3) is 0.200. The Morgan fingerprint density at radius 3 is 2.50 bits per heavy atom. The van der Waals surface area contributed by atoms with Crippen LogP contribution in [0.4, 0.5) is 5.69 Å². The van der Waals surface area contributed by atoms with Crippen molar-refractivity contribution in [1.82, 2.24) is 10.3 Å². The number of pyridine rings is 1. The highest BCUT2D eigenvalue weighted by Gasteiger charge is 2.03. The average Bonchev–Trinajstić information content (AvgIpc) is 2.46. The summed E-state index contributed by atoms with van der Waals surface area (Å²) in [4.78, 5) is 15.8. The third-order valence-electron chi connectivity index (χ3n) is 2.98. The first-order valence-electron chi connectivity index (χ1n) is 6.28. The molecule has 0 aliphatic rings. The molecule has 0 fully saturated rings. The summed E-state index contributed by atoms with van der Waals surface area (Å²) < 4.78 is 0.829. The molecule has 2 rings (SSSR count). The molecule has 0 saturated carbocycles. The van der Waals surface area contributed by atoms with Gasteiger partial charge in [-0.15, -0.1) is 0 Å². The molecule has 0 bridgehead atoms. The predicted octanol–water partition coefficient (Wildman–Crippen LogP) is 3.12. The van der Waals surface area contributed by atoms with Gasteiger partial charge in [0.25, 0.3) is 5.91 Å². The molecule has 0 atom stereocenters. The summed E-state index contributed by atoms with van der Waals surface area (Å²) in [5, 5.41) is 5.94. The van der Waals surface area contributed by atoms with Crippen molar-refractivity contribution in [3.05, 3.63) is 57.8 Å². The number of benzene rings is 1. The number of rotatable bonds is 4. The minimum Gasteiger partial charge on any atom is -0.380 e. The number of amides is 1. The van der Waals surface area contributed by atoms with E-state index in [1.807, 2.05) is 43.3 Å². The Labute approximate surface area is 126 Å². The summed E-state index contributed by atoms with van der Waals surface area (Å²) in [5.74, 6) is -0.0718. The van der Waals surface area contributed by atoms with Crippen molar-refractivity contribution in [1.29, 1.82) is 0 Å². The number of nitrogens with one attached hydrogen (secondary N) is 2. The molecule has 1 heterocycles. The first kappa shape index (κ1) is 14.5. The molecular weight excluding hydrogens is 318 g/mol. The average molecular weight is 334 g/mol. The first-order chi connectivity index (χ1) is 9.60. The molecule has 2 aromatic rings. The van der Waals surface area contributed by atoms with E-state index >= 15 is 0 Å². The topological polar surface area (TPSA) is 54.0 Å². The summed E-state index contributed by atoms with van der Waals surface area (Å²) in [6.07, 6.45) is 0. The summed E-state index contributed by atoms with van der Waals surface area (Å²) in [5.41, 5.74) is 3.72. The summed E-state index contributed by atoms with van der Waals surface area (Å²) in [6, 6.07) is 11.4. The van der Waals surface area contributed by atoms with E-state index in [-0.39, 0.29) is 5.91 Å². The molecule has 104 valence electrons. The number of hydrogen-bond donors (Lipinski definition) is 2. The van der Waals surface area contributed by atoms with Crippen molar-refractivity contribution in [2.24, 2.45) is 0 Å². The smallest absolute Gasteiger partial charge is 0.251 e. The van der Waals surface area contributed by atoms with Crippen LogP contribution in [0.5, 0.6) is 0 Å². The van der Waals surface area contributed by atoms with Gasteiger partial charge in [0.1, 0.15) is 4.60 Å². The van der Waals surface area contributed by atoms with Gasteiger partial charge in [-0.25, -0.2) is 4.98 Å². The van der Waals surface area contributed by atoms with E-state index in [4.69, 9.17) is 0 Å². The Balaban J connectivity index is 2.02. The Bertz CT molecular complexity index is 611. The van der Waals surface area contributed by atoms with E-state index in [1.54, 1.807) is 7.05 Å². The van der Waals surface area contributed by atoms with Crippen LogP contribution in [0.3, 0.4) is 0 Å². The van der Waals surface area contributed by atoms with E-state index in [0.29, 0.717) is 12.1 Å². The monoisotopic (exact) mass is 333 g/mol.